The van der Waals surface area contributed by atoms with Gasteiger partial charge >= 0.3 is 11.9 Å². The first kappa shape index (κ1) is 23.4. The summed E-state index contributed by atoms with van der Waals surface area (Å²) in [5.41, 5.74) is -0.553. The van der Waals surface area contributed by atoms with E-state index in [-0.39, 0.29) is 36.2 Å². The average molecular weight is 469 g/mol. The van der Waals surface area contributed by atoms with Crippen molar-refractivity contribution < 1.29 is 36.6 Å². The standard InChI is InChI=1S/C20H21F2N3O6S/c1-2-31-20(28)12-4-3-7-25(11-12)18-15(19(26)27)9-14(10-23-18)24-32(29,30)17-8-13(21)5-6-16(17)22/h5-6,8-10,12,24H,2-4,7,11H2,1H3,(H,26,27)/t12-/m1/s1. The molecule has 1 aromatic heterocycles. The first-order chi connectivity index (χ1) is 15.1. The zero-order chi connectivity index (χ0) is 23.5. The van der Waals surface area contributed by atoms with Crippen LogP contribution in [0.2, 0.25) is 0 Å². The van der Waals surface area contributed by atoms with Crippen LogP contribution < -0.4 is 9.62 Å². The number of halogens is 2. The van der Waals surface area contributed by atoms with Gasteiger partial charge in [-0.1, -0.05) is 0 Å². The van der Waals surface area contributed by atoms with Gasteiger partial charge in [0.25, 0.3) is 10.0 Å². The summed E-state index contributed by atoms with van der Waals surface area (Å²) >= 11 is 0. The van der Waals surface area contributed by atoms with Crippen LogP contribution in [0.25, 0.3) is 0 Å². The number of carboxylic acid groups (broad SMARTS) is 1. The third-order valence-corrected chi connectivity index (χ3v) is 6.27. The lowest BCUT2D eigenvalue weighted by molar-refractivity contribution is -0.148. The zero-order valence-electron chi connectivity index (χ0n) is 17.0. The molecule has 0 radical (unpaired) electrons. The predicted octanol–water partition coefficient (Wildman–Crippen LogP) is 2.64. The number of piperidine rings is 1. The molecule has 0 spiro atoms. The van der Waals surface area contributed by atoms with Crippen molar-refractivity contribution in [2.24, 2.45) is 5.92 Å². The minimum atomic E-state index is -4.55. The Morgan fingerprint density at radius 2 is 2.06 bits per heavy atom. The second-order valence-electron chi connectivity index (χ2n) is 7.12. The number of esters is 1. The number of carboxylic acids is 1. The number of rotatable bonds is 7. The van der Waals surface area contributed by atoms with Crippen molar-refractivity contribution in [2.45, 2.75) is 24.7 Å². The normalized spacial score (nSPS) is 16.5. The average Bonchev–Trinajstić information content (AvgIpc) is 2.75. The van der Waals surface area contributed by atoms with Crippen molar-refractivity contribution in [1.29, 1.82) is 0 Å². The van der Waals surface area contributed by atoms with Crippen LogP contribution in [0.5, 0.6) is 0 Å². The Hall–Kier alpha value is -3.28. The van der Waals surface area contributed by atoms with Crippen molar-refractivity contribution in [3.05, 3.63) is 47.7 Å². The highest BCUT2D eigenvalue weighted by Crippen LogP contribution is 2.28. The summed E-state index contributed by atoms with van der Waals surface area (Å²) in [5.74, 6) is -4.25. The molecule has 172 valence electrons. The molecule has 1 saturated heterocycles. The van der Waals surface area contributed by atoms with Gasteiger partial charge < -0.3 is 14.7 Å². The Kier molecular flexibility index (Phi) is 6.92. The third kappa shape index (κ3) is 5.13. The van der Waals surface area contributed by atoms with Gasteiger partial charge in [-0.15, -0.1) is 0 Å². The van der Waals surface area contributed by atoms with Crippen LogP contribution in [0.1, 0.15) is 30.1 Å². The number of ether oxygens (including phenoxy) is 1. The van der Waals surface area contributed by atoms with Gasteiger partial charge in [0.15, 0.2) is 0 Å². The molecule has 3 rings (SSSR count). The van der Waals surface area contributed by atoms with Gasteiger partial charge in [0.05, 0.1) is 24.4 Å². The number of sulfonamides is 1. The van der Waals surface area contributed by atoms with Gasteiger partial charge in [0.2, 0.25) is 0 Å². The molecular weight excluding hydrogens is 448 g/mol. The van der Waals surface area contributed by atoms with E-state index in [1.807, 2.05) is 4.72 Å². The summed E-state index contributed by atoms with van der Waals surface area (Å²) in [6, 6.07) is 2.99. The fourth-order valence-corrected chi connectivity index (χ4v) is 4.56. The minimum Gasteiger partial charge on any atom is -0.478 e. The van der Waals surface area contributed by atoms with Crippen molar-refractivity contribution >= 4 is 33.5 Å². The fourth-order valence-electron chi connectivity index (χ4n) is 3.44. The van der Waals surface area contributed by atoms with Crippen LogP contribution in [0.3, 0.4) is 0 Å². The molecule has 1 aliphatic heterocycles. The lowest BCUT2D eigenvalue weighted by Crippen LogP contribution is -2.40. The predicted molar refractivity (Wildman–Crippen MR) is 110 cm³/mol. The van der Waals surface area contributed by atoms with E-state index in [0.29, 0.717) is 31.5 Å². The van der Waals surface area contributed by atoms with Crippen molar-refractivity contribution in [3.8, 4) is 0 Å². The van der Waals surface area contributed by atoms with E-state index in [4.69, 9.17) is 4.74 Å². The Labute approximate surface area is 183 Å². The monoisotopic (exact) mass is 469 g/mol. The second kappa shape index (κ2) is 9.47. The summed E-state index contributed by atoms with van der Waals surface area (Å²) in [4.78, 5) is 28.7. The lowest BCUT2D eigenvalue weighted by Gasteiger charge is -2.33. The van der Waals surface area contributed by atoms with Crippen LogP contribution in [-0.2, 0) is 19.6 Å². The van der Waals surface area contributed by atoms with E-state index >= 15 is 0 Å². The molecular formula is C20H21F2N3O6S. The van der Waals surface area contributed by atoms with Gasteiger partial charge in [-0.3, -0.25) is 9.52 Å². The van der Waals surface area contributed by atoms with Crippen LogP contribution >= 0.6 is 0 Å². The van der Waals surface area contributed by atoms with Crippen molar-refractivity contribution in [3.63, 3.8) is 0 Å². The van der Waals surface area contributed by atoms with Crippen LogP contribution in [0.4, 0.5) is 20.3 Å². The zero-order valence-corrected chi connectivity index (χ0v) is 17.9. The molecule has 1 aliphatic rings. The van der Waals surface area contributed by atoms with Gasteiger partial charge in [0.1, 0.15) is 27.9 Å². The molecule has 32 heavy (non-hydrogen) atoms. The number of hydrogen-bond acceptors (Lipinski definition) is 7. The Morgan fingerprint density at radius 3 is 2.75 bits per heavy atom. The number of benzene rings is 1. The number of nitrogens with one attached hydrogen (secondary N) is 1. The molecule has 1 aromatic carbocycles. The molecule has 0 bridgehead atoms. The van der Waals surface area contributed by atoms with Crippen LogP contribution in [0, 0.1) is 17.6 Å². The Balaban J connectivity index is 1.89. The van der Waals surface area contributed by atoms with E-state index in [1.54, 1.807) is 11.8 Å². The maximum absolute atomic E-state index is 13.9. The molecule has 9 nitrogen and oxygen atoms in total. The van der Waals surface area contributed by atoms with Gasteiger partial charge in [-0.05, 0) is 44.0 Å². The van der Waals surface area contributed by atoms with Gasteiger partial charge in [0, 0.05) is 13.1 Å². The highest BCUT2D eigenvalue weighted by molar-refractivity contribution is 7.92. The highest BCUT2D eigenvalue weighted by Gasteiger charge is 2.30. The molecule has 1 fully saturated rings. The number of carbonyl (C=O) groups is 2. The minimum absolute atomic E-state index is 0.0615. The quantitative estimate of drug-likeness (QED) is 0.593. The number of pyridine rings is 1. The molecule has 0 saturated carbocycles. The summed E-state index contributed by atoms with van der Waals surface area (Å²) in [5, 5.41) is 9.63. The number of aromatic nitrogens is 1. The molecule has 0 aliphatic carbocycles. The summed E-state index contributed by atoms with van der Waals surface area (Å²) in [6.07, 6.45) is 2.27. The number of nitrogens with zero attached hydrogens (tertiary/aromatic N) is 2. The van der Waals surface area contributed by atoms with E-state index < -0.39 is 38.4 Å². The molecule has 1 atom stereocenters. The van der Waals surface area contributed by atoms with Crippen LogP contribution in [-0.4, -0.2) is 50.1 Å². The van der Waals surface area contributed by atoms with Gasteiger partial charge in [-0.25, -0.2) is 27.0 Å². The summed E-state index contributed by atoms with van der Waals surface area (Å²) in [6.45, 7) is 2.57. The van der Waals surface area contributed by atoms with Crippen molar-refractivity contribution in [2.75, 3.05) is 29.3 Å². The largest absolute Gasteiger partial charge is 0.478 e. The Morgan fingerprint density at radius 1 is 1.31 bits per heavy atom. The first-order valence-corrected chi connectivity index (χ1v) is 11.2. The number of carbonyl (C=O) groups excluding carboxylic acids is 1. The third-order valence-electron chi connectivity index (χ3n) is 4.87. The van der Waals surface area contributed by atoms with E-state index in [1.165, 1.54) is 0 Å². The van der Waals surface area contributed by atoms with E-state index in [0.717, 1.165) is 18.3 Å². The molecule has 2 aromatic rings. The molecule has 2 heterocycles. The van der Waals surface area contributed by atoms with E-state index in [9.17, 15) is 31.9 Å². The number of aromatic carboxylic acids is 1. The molecule has 0 unspecified atom stereocenters. The molecule has 2 N–H and O–H groups in total. The molecule has 0 amide bonds. The fraction of sp³-hybridized carbons (Fsp3) is 0.350. The summed E-state index contributed by atoms with van der Waals surface area (Å²) in [7, 11) is -4.55. The Bertz CT molecular complexity index is 1140. The van der Waals surface area contributed by atoms with E-state index in [2.05, 4.69) is 4.98 Å². The smallest absolute Gasteiger partial charge is 0.339 e. The first-order valence-electron chi connectivity index (χ1n) is 9.75. The number of anilines is 2. The lowest BCUT2D eigenvalue weighted by atomic mass is 9.98. The highest BCUT2D eigenvalue weighted by atomic mass is 32.2. The summed E-state index contributed by atoms with van der Waals surface area (Å²) < 4.78 is 59.3. The number of hydrogen-bond donors (Lipinski definition) is 2. The maximum atomic E-state index is 13.9. The maximum Gasteiger partial charge on any atom is 0.339 e. The van der Waals surface area contributed by atoms with Crippen molar-refractivity contribution in [1.82, 2.24) is 4.98 Å². The second-order valence-corrected chi connectivity index (χ2v) is 8.77. The molecule has 12 heteroatoms. The SMILES string of the molecule is CCOC(=O)[C@@H]1CCCN(c2ncc(NS(=O)(=O)c3cc(F)ccc3F)cc2C(=O)O)C1. The van der Waals surface area contributed by atoms with Crippen LogP contribution in [0.15, 0.2) is 35.4 Å². The topological polar surface area (TPSA) is 126 Å². The van der Waals surface area contributed by atoms with Gasteiger partial charge in [-0.2, -0.15) is 0 Å².